The van der Waals surface area contributed by atoms with Crippen LogP contribution in [0.25, 0.3) is 0 Å². The first-order valence-electron chi connectivity index (χ1n) is 7.75. The standard InChI is InChI=1S/C19H18FN3O2/c1-13(2)12-25-16-6-3-14(4-7-16)11-22-23-19(24)17-8-5-15(10-21)9-18(17)20/h3-9,11,13H,12H2,1-2H3,(H,23,24). The molecule has 0 spiro atoms. The van der Waals surface area contributed by atoms with Gasteiger partial charge in [0, 0.05) is 0 Å². The number of amides is 1. The number of rotatable bonds is 6. The summed E-state index contributed by atoms with van der Waals surface area (Å²) in [5.41, 5.74) is 3.00. The number of nitriles is 1. The van der Waals surface area contributed by atoms with Crippen LogP contribution in [-0.4, -0.2) is 18.7 Å². The number of hydrogen-bond acceptors (Lipinski definition) is 4. The van der Waals surface area contributed by atoms with Gasteiger partial charge in [0.1, 0.15) is 11.6 Å². The topological polar surface area (TPSA) is 74.5 Å². The van der Waals surface area contributed by atoms with Crippen molar-refractivity contribution >= 4 is 12.1 Å². The van der Waals surface area contributed by atoms with Crippen LogP contribution in [0.15, 0.2) is 47.6 Å². The van der Waals surface area contributed by atoms with Gasteiger partial charge in [0.05, 0.1) is 30.0 Å². The first kappa shape index (κ1) is 18.1. The summed E-state index contributed by atoms with van der Waals surface area (Å²) < 4.78 is 19.3. The Morgan fingerprint density at radius 3 is 2.64 bits per heavy atom. The lowest BCUT2D eigenvalue weighted by Gasteiger charge is -2.08. The minimum absolute atomic E-state index is 0.150. The largest absolute Gasteiger partial charge is 0.493 e. The number of halogens is 1. The molecule has 1 amide bonds. The second-order valence-corrected chi connectivity index (χ2v) is 5.78. The lowest BCUT2D eigenvalue weighted by atomic mass is 10.1. The van der Waals surface area contributed by atoms with Gasteiger partial charge in [-0.25, -0.2) is 9.82 Å². The average Bonchev–Trinajstić information content (AvgIpc) is 2.60. The Hall–Kier alpha value is -3.20. The smallest absolute Gasteiger partial charge is 0.274 e. The van der Waals surface area contributed by atoms with Crippen molar-refractivity contribution in [2.24, 2.45) is 11.0 Å². The Labute approximate surface area is 145 Å². The van der Waals surface area contributed by atoms with Crippen LogP contribution in [0.1, 0.15) is 35.3 Å². The van der Waals surface area contributed by atoms with Gasteiger partial charge in [0.15, 0.2) is 0 Å². The fourth-order valence-electron chi connectivity index (χ4n) is 1.91. The van der Waals surface area contributed by atoms with Gasteiger partial charge in [-0.05, 0) is 53.9 Å². The van der Waals surface area contributed by atoms with Crippen LogP contribution in [0.5, 0.6) is 5.75 Å². The van der Waals surface area contributed by atoms with E-state index in [4.69, 9.17) is 10.00 Å². The summed E-state index contributed by atoms with van der Waals surface area (Å²) in [6.07, 6.45) is 1.45. The van der Waals surface area contributed by atoms with E-state index in [9.17, 15) is 9.18 Å². The maximum atomic E-state index is 13.7. The highest BCUT2D eigenvalue weighted by Crippen LogP contribution is 2.12. The molecule has 25 heavy (non-hydrogen) atoms. The molecule has 0 unspecified atom stereocenters. The first-order valence-corrected chi connectivity index (χ1v) is 7.75. The zero-order valence-corrected chi connectivity index (χ0v) is 14.0. The number of benzene rings is 2. The van der Waals surface area contributed by atoms with E-state index in [0.29, 0.717) is 12.5 Å². The summed E-state index contributed by atoms with van der Waals surface area (Å²) >= 11 is 0. The van der Waals surface area contributed by atoms with Crippen molar-refractivity contribution in [2.75, 3.05) is 6.61 Å². The van der Waals surface area contributed by atoms with Crippen LogP contribution in [0.4, 0.5) is 4.39 Å². The minimum atomic E-state index is -0.765. The lowest BCUT2D eigenvalue weighted by molar-refractivity contribution is 0.0951. The summed E-state index contributed by atoms with van der Waals surface area (Å²) in [6.45, 7) is 4.78. The Morgan fingerprint density at radius 2 is 2.04 bits per heavy atom. The Bertz CT molecular complexity index is 808. The molecule has 2 aromatic carbocycles. The van der Waals surface area contributed by atoms with E-state index in [1.165, 1.54) is 18.3 Å². The van der Waals surface area contributed by atoms with Crippen LogP contribution in [0, 0.1) is 23.1 Å². The molecule has 1 N–H and O–H groups in total. The zero-order chi connectivity index (χ0) is 18.2. The van der Waals surface area contributed by atoms with E-state index in [1.807, 2.05) is 12.1 Å². The van der Waals surface area contributed by atoms with E-state index in [2.05, 4.69) is 24.4 Å². The molecule has 0 heterocycles. The Balaban J connectivity index is 1.94. The Morgan fingerprint density at radius 1 is 1.32 bits per heavy atom. The maximum absolute atomic E-state index is 13.7. The molecule has 0 aromatic heterocycles. The van der Waals surface area contributed by atoms with Crippen LogP contribution >= 0.6 is 0 Å². The predicted octanol–water partition coefficient (Wildman–Crippen LogP) is 3.50. The normalized spacial score (nSPS) is 10.7. The second-order valence-electron chi connectivity index (χ2n) is 5.78. The number of carbonyl (C=O) groups is 1. The highest BCUT2D eigenvalue weighted by atomic mass is 19.1. The molecule has 5 nitrogen and oxygen atoms in total. The molecule has 0 saturated heterocycles. The van der Waals surface area contributed by atoms with E-state index < -0.39 is 11.7 Å². The van der Waals surface area contributed by atoms with Crippen molar-refractivity contribution < 1.29 is 13.9 Å². The quantitative estimate of drug-likeness (QED) is 0.646. The SMILES string of the molecule is CC(C)COc1ccc(C=NNC(=O)c2ccc(C#N)cc2F)cc1. The molecule has 0 bridgehead atoms. The van der Waals surface area contributed by atoms with E-state index >= 15 is 0 Å². The van der Waals surface area contributed by atoms with Crippen LogP contribution < -0.4 is 10.2 Å². The molecule has 2 aromatic rings. The van der Waals surface area contributed by atoms with E-state index in [0.717, 1.165) is 17.4 Å². The van der Waals surface area contributed by atoms with Crippen molar-refractivity contribution in [3.8, 4) is 11.8 Å². The minimum Gasteiger partial charge on any atom is -0.493 e. The van der Waals surface area contributed by atoms with Gasteiger partial charge in [0.25, 0.3) is 5.91 Å². The molecule has 0 atom stereocenters. The van der Waals surface area contributed by atoms with Gasteiger partial charge in [-0.1, -0.05) is 13.8 Å². The summed E-state index contributed by atoms with van der Waals surface area (Å²) in [6, 6.07) is 12.7. The molecule has 0 radical (unpaired) electrons. The number of nitrogens with zero attached hydrogens (tertiary/aromatic N) is 2. The zero-order valence-electron chi connectivity index (χ0n) is 14.0. The number of hydrogen-bond donors (Lipinski definition) is 1. The molecule has 0 aliphatic carbocycles. The summed E-state index contributed by atoms with van der Waals surface area (Å²) in [4.78, 5) is 11.9. The molecule has 0 aliphatic heterocycles. The number of carbonyl (C=O) groups excluding carboxylic acids is 1. The van der Waals surface area contributed by atoms with Crippen LogP contribution in [-0.2, 0) is 0 Å². The fourth-order valence-corrected chi connectivity index (χ4v) is 1.91. The van der Waals surface area contributed by atoms with Crippen molar-refractivity contribution in [3.05, 3.63) is 65.0 Å². The third-order valence-electron chi connectivity index (χ3n) is 3.19. The van der Waals surface area contributed by atoms with Crippen molar-refractivity contribution in [2.45, 2.75) is 13.8 Å². The molecular weight excluding hydrogens is 321 g/mol. The molecule has 2 rings (SSSR count). The van der Waals surface area contributed by atoms with Gasteiger partial charge < -0.3 is 4.74 Å². The highest BCUT2D eigenvalue weighted by molar-refractivity contribution is 5.95. The second kappa shape index (κ2) is 8.60. The summed E-state index contributed by atoms with van der Waals surface area (Å²) in [5.74, 6) is -0.248. The molecular formula is C19H18FN3O2. The van der Waals surface area contributed by atoms with Crippen molar-refractivity contribution in [1.82, 2.24) is 5.43 Å². The third-order valence-corrected chi connectivity index (χ3v) is 3.19. The summed E-state index contributed by atoms with van der Waals surface area (Å²) in [7, 11) is 0. The third kappa shape index (κ3) is 5.43. The average molecular weight is 339 g/mol. The lowest BCUT2D eigenvalue weighted by Crippen LogP contribution is -2.19. The number of hydrazone groups is 1. The molecule has 6 heteroatoms. The Kier molecular flexibility index (Phi) is 6.24. The maximum Gasteiger partial charge on any atom is 0.274 e. The monoisotopic (exact) mass is 339 g/mol. The highest BCUT2D eigenvalue weighted by Gasteiger charge is 2.11. The molecule has 0 saturated carbocycles. The first-order chi connectivity index (χ1) is 12.0. The van der Waals surface area contributed by atoms with E-state index in [-0.39, 0.29) is 11.1 Å². The number of ether oxygens (including phenoxy) is 1. The van der Waals surface area contributed by atoms with Gasteiger partial charge in [-0.2, -0.15) is 10.4 Å². The van der Waals surface area contributed by atoms with E-state index in [1.54, 1.807) is 18.2 Å². The molecule has 128 valence electrons. The molecule has 0 aliphatic rings. The van der Waals surface area contributed by atoms with Gasteiger partial charge in [-0.15, -0.1) is 0 Å². The predicted molar refractivity (Wildman–Crippen MR) is 93.0 cm³/mol. The van der Waals surface area contributed by atoms with Crippen molar-refractivity contribution in [1.29, 1.82) is 5.26 Å². The van der Waals surface area contributed by atoms with Gasteiger partial charge in [-0.3, -0.25) is 4.79 Å². The fraction of sp³-hybridized carbons (Fsp3) is 0.211. The van der Waals surface area contributed by atoms with Gasteiger partial charge in [0.2, 0.25) is 0 Å². The van der Waals surface area contributed by atoms with Gasteiger partial charge >= 0.3 is 0 Å². The van der Waals surface area contributed by atoms with Crippen LogP contribution in [0.2, 0.25) is 0 Å². The van der Waals surface area contributed by atoms with Crippen molar-refractivity contribution in [3.63, 3.8) is 0 Å². The summed E-state index contributed by atoms with van der Waals surface area (Å²) in [5, 5.41) is 12.5. The number of nitrogens with one attached hydrogen (secondary N) is 1. The van der Waals surface area contributed by atoms with Crippen LogP contribution in [0.3, 0.4) is 0 Å². The molecule has 0 fully saturated rings.